The van der Waals surface area contributed by atoms with Gasteiger partial charge in [0, 0.05) is 0 Å². The summed E-state index contributed by atoms with van der Waals surface area (Å²) < 4.78 is 0. The maximum absolute atomic E-state index is 12.0. The predicted octanol–water partition coefficient (Wildman–Crippen LogP) is 7.86. The summed E-state index contributed by atoms with van der Waals surface area (Å²) in [5, 5.41) is 7.90. The molecule has 0 spiro atoms. The smallest absolute Gasteiger partial charge is 0.292 e. The standard InChI is InChI=1S/C22H26O6.C6H6.C4H10O2/c1-21(2,27-25-19(23)17-11-7-5-8-12-17)15-16-22(3,4)28-26-20(24)18-13-9-6-10-14-18;1-2-4-6-5-3-1;1-4(2,3)6-5/h5-14H,15-16H2,1-4H3;1-6H;5H,1-3H3. The second-order valence-corrected chi connectivity index (χ2v) is 11.0. The lowest BCUT2D eigenvalue weighted by atomic mass is 9.94. The van der Waals surface area contributed by atoms with Gasteiger partial charge in [0.15, 0.2) is 0 Å². The molecule has 0 saturated heterocycles. The Kier molecular flexibility index (Phi) is 14.8. The van der Waals surface area contributed by atoms with Gasteiger partial charge in [0.1, 0.15) is 11.2 Å². The Balaban J connectivity index is 0.000000548. The van der Waals surface area contributed by atoms with Crippen molar-refractivity contribution in [1.29, 1.82) is 0 Å². The molecule has 0 aliphatic rings. The third-order valence-corrected chi connectivity index (χ3v) is 4.97. The fraction of sp³-hybridized carbons (Fsp3) is 0.375. The molecule has 0 aliphatic carbocycles. The Bertz CT molecular complexity index is 998. The summed E-state index contributed by atoms with van der Waals surface area (Å²) in [7, 11) is 0. The fourth-order valence-electron chi connectivity index (χ4n) is 2.62. The molecule has 0 bridgehead atoms. The number of hydrogen-bond acceptors (Lipinski definition) is 8. The first-order valence-electron chi connectivity index (χ1n) is 13.0. The third-order valence-electron chi connectivity index (χ3n) is 4.97. The summed E-state index contributed by atoms with van der Waals surface area (Å²) >= 11 is 0. The Hall–Kier alpha value is -3.56. The van der Waals surface area contributed by atoms with Gasteiger partial charge in [-0.05, 0) is 85.6 Å². The molecule has 0 aliphatic heterocycles. The van der Waals surface area contributed by atoms with Gasteiger partial charge in [0.05, 0.1) is 16.7 Å². The van der Waals surface area contributed by atoms with Crippen molar-refractivity contribution in [2.24, 2.45) is 0 Å². The molecule has 0 heterocycles. The fourth-order valence-corrected chi connectivity index (χ4v) is 2.62. The Morgan fingerprint density at radius 1 is 0.550 bits per heavy atom. The number of benzene rings is 3. The summed E-state index contributed by atoms with van der Waals surface area (Å²) in [6.07, 6.45) is 1.01. The van der Waals surface area contributed by atoms with Crippen molar-refractivity contribution in [3.05, 3.63) is 108 Å². The highest BCUT2D eigenvalue weighted by Gasteiger charge is 2.30. The molecule has 8 nitrogen and oxygen atoms in total. The Morgan fingerprint density at radius 2 is 0.800 bits per heavy atom. The second-order valence-electron chi connectivity index (χ2n) is 11.0. The van der Waals surface area contributed by atoms with E-state index in [-0.39, 0.29) is 0 Å². The molecule has 8 heteroatoms. The van der Waals surface area contributed by atoms with Crippen LogP contribution in [0.3, 0.4) is 0 Å². The molecule has 0 saturated carbocycles. The molecule has 3 aromatic rings. The molecule has 218 valence electrons. The van der Waals surface area contributed by atoms with Gasteiger partial charge in [0.2, 0.25) is 0 Å². The van der Waals surface area contributed by atoms with E-state index < -0.39 is 28.7 Å². The van der Waals surface area contributed by atoms with Gasteiger partial charge in [-0.3, -0.25) is 15.0 Å². The van der Waals surface area contributed by atoms with Crippen LogP contribution >= 0.6 is 0 Å². The van der Waals surface area contributed by atoms with Crippen LogP contribution in [-0.2, 0) is 24.4 Å². The predicted molar refractivity (Wildman–Crippen MR) is 153 cm³/mol. The minimum atomic E-state index is -0.742. The molecule has 0 fully saturated rings. The highest BCUT2D eigenvalue weighted by Crippen LogP contribution is 2.26. The first-order valence-corrected chi connectivity index (χ1v) is 13.0. The Labute approximate surface area is 237 Å². The molecule has 0 unspecified atom stereocenters. The SMILES string of the molecule is CC(C)(C)OO.CC(C)(CCC(C)(C)OOC(=O)c1ccccc1)OOC(=O)c1ccccc1.c1ccccc1. The quantitative estimate of drug-likeness (QED) is 0.211. The van der Waals surface area contributed by atoms with E-state index in [1.54, 1.807) is 97.0 Å². The molecule has 0 radical (unpaired) electrons. The van der Waals surface area contributed by atoms with Crippen LogP contribution < -0.4 is 0 Å². The van der Waals surface area contributed by atoms with Crippen LogP contribution in [-0.4, -0.2) is 34.0 Å². The largest absolute Gasteiger partial charge is 0.373 e. The monoisotopic (exact) mass is 554 g/mol. The van der Waals surface area contributed by atoms with E-state index in [2.05, 4.69) is 4.89 Å². The summed E-state index contributed by atoms with van der Waals surface area (Å²) in [5.74, 6) is -1.11. The molecule has 40 heavy (non-hydrogen) atoms. The maximum atomic E-state index is 12.0. The zero-order valence-electron chi connectivity index (χ0n) is 24.5. The molecular formula is C32H42O8. The zero-order chi connectivity index (χ0) is 30.1. The van der Waals surface area contributed by atoms with Crippen molar-refractivity contribution in [3.8, 4) is 0 Å². The minimum absolute atomic E-state index is 0.403. The van der Waals surface area contributed by atoms with Gasteiger partial charge in [-0.2, -0.15) is 9.78 Å². The van der Waals surface area contributed by atoms with Gasteiger partial charge in [-0.25, -0.2) is 14.5 Å². The topological polar surface area (TPSA) is 101 Å². The van der Waals surface area contributed by atoms with Crippen molar-refractivity contribution >= 4 is 11.9 Å². The van der Waals surface area contributed by atoms with Gasteiger partial charge < -0.3 is 0 Å². The minimum Gasteiger partial charge on any atom is -0.292 e. The van der Waals surface area contributed by atoms with Gasteiger partial charge >= 0.3 is 11.9 Å². The van der Waals surface area contributed by atoms with Gasteiger partial charge in [-0.1, -0.05) is 72.8 Å². The van der Waals surface area contributed by atoms with Gasteiger partial charge in [0.25, 0.3) is 0 Å². The number of rotatable bonds is 9. The molecular weight excluding hydrogens is 512 g/mol. The first-order chi connectivity index (χ1) is 18.7. The van der Waals surface area contributed by atoms with E-state index in [4.69, 9.17) is 24.8 Å². The highest BCUT2D eigenvalue weighted by molar-refractivity contribution is 5.89. The molecule has 3 aromatic carbocycles. The highest BCUT2D eigenvalue weighted by atomic mass is 17.2. The normalized spacial score (nSPS) is 11.2. The summed E-state index contributed by atoms with van der Waals surface area (Å²) in [6.45, 7) is 12.5. The van der Waals surface area contributed by atoms with Crippen molar-refractivity contribution in [1.82, 2.24) is 0 Å². The first kappa shape index (κ1) is 34.5. The zero-order valence-corrected chi connectivity index (χ0v) is 24.5. The Morgan fingerprint density at radius 3 is 1.05 bits per heavy atom. The summed E-state index contributed by atoms with van der Waals surface area (Å²) in [4.78, 5) is 48.4. The van der Waals surface area contributed by atoms with Crippen molar-refractivity contribution < 1.29 is 39.3 Å². The molecule has 0 aromatic heterocycles. The third kappa shape index (κ3) is 16.4. The molecule has 3 rings (SSSR count). The van der Waals surface area contributed by atoms with Crippen molar-refractivity contribution in [2.75, 3.05) is 0 Å². The molecule has 0 amide bonds. The lowest BCUT2D eigenvalue weighted by Crippen LogP contribution is -2.32. The summed E-state index contributed by atoms with van der Waals surface area (Å²) in [5.41, 5.74) is -1.06. The van der Waals surface area contributed by atoms with Crippen LogP contribution in [0.5, 0.6) is 0 Å². The van der Waals surface area contributed by atoms with E-state index >= 15 is 0 Å². The second kappa shape index (κ2) is 17.2. The maximum Gasteiger partial charge on any atom is 0.373 e. The summed E-state index contributed by atoms with van der Waals surface area (Å²) in [6, 6.07) is 29.2. The van der Waals surface area contributed by atoms with Crippen molar-refractivity contribution in [2.45, 2.75) is 78.1 Å². The number of carbonyl (C=O) groups excluding carboxylic acids is 2. The van der Waals surface area contributed by atoms with Gasteiger partial charge in [-0.15, -0.1) is 0 Å². The number of hydrogen-bond donors (Lipinski definition) is 1. The van der Waals surface area contributed by atoms with E-state index in [1.165, 1.54) is 0 Å². The lowest BCUT2D eigenvalue weighted by Gasteiger charge is -2.28. The van der Waals surface area contributed by atoms with Crippen molar-refractivity contribution in [3.63, 3.8) is 0 Å². The molecule has 0 atom stereocenters. The van der Waals surface area contributed by atoms with E-state index in [0.29, 0.717) is 24.0 Å². The van der Waals surface area contributed by atoms with Crippen LogP contribution in [0.15, 0.2) is 97.1 Å². The average molecular weight is 555 g/mol. The van der Waals surface area contributed by atoms with E-state index in [1.807, 2.05) is 48.5 Å². The van der Waals surface area contributed by atoms with E-state index in [9.17, 15) is 9.59 Å². The van der Waals surface area contributed by atoms with Crippen LogP contribution in [0.25, 0.3) is 0 Å². The van der Waals surface area contributed by atoms with Crippen LogP contribution in [0.1, 0.15) is 82.0 Å². The van der Waals surface area contributed by atoms with Crippen LogP contribution in [0, 0.1) is 0 Å². The lowest BCUT2D eigenvalue weighted by molar-refractivity contribution is -0.325. The van der Waals surface area contributed by atoms with E-state index in [0.717, 1.165) is 0 Å². The van der Waals surface area contributed by atoms with Crippen LogP contribution in [0.2, 0.25) is 0 Å². The average Bonchev–Trinajstić information content (AvgIpc) is 2.96. The number of carbonyl (C=O) groups is 2. The molecule has 1 N–H and O–H groups in total. The van der Waals surface area contributed by atoms with Crippen LogP contribution in [0.4, 0.5) is 0 Å².